The van der Waals surface area contributed by atoms with E-state index in [2.05, 4.69) is 0 Å². The normalized spacial score (nSPS) is 45.5. The largest absolute Gasteiger partial charge is 0.391 e. The topological polar surface area (TPSA) is 63.9 Å². The third kappa shape index (κ3) is 1.89. The molecule has 13 heavy (non-hydrogen) atoms. The van der Waals surface area contributed by atoms with Crippen molar-refractivity contribution in [2.75, 3.05) is 13.1 Å². The molecule has 3 N–H and O–H groups in total. The van der Waals surface area contributed by atoms with E-state index in [1.165, 1.54) is 0 Å². The highest BCUT2D eigenvalue weighted by Crippen LogP contribution is 2.27. The molecule has 0 aliphatic carbocycles. The van der Waals surface area contributed by atoms with Crippen LogP contribution in [0.15, 0.2) is 0 Å². The Morgan fingerprint density at radius 2 is 1.77 bits per heavy atom. The fraction of sp³-hybridized carbons (Fsp3) is 1.00. The van der Waals surface area contributed by atoms with Crippen molar-refractivity contribution in [3.05, 3.63) is 0 Å². The van der Waals surface area contributed by atoms with E-state index in [1.807, 2.05) is 4.90 Å². The SMILES string of the molecule is Br.O[C@@H]1[C@H]2[C@H](O)CCCN2C[C@@H]1O. The van der Waals surface area contributed by atoms with Crippen molar-refractivity contribution in [1.29, 1.82) is 0 Å². The van der Waals surface area contributed by atoms with Crippen LogP contribution in [-0.4, -0.2) is 57.7 Å². The minimum Gasteiger partial charge on any atom is -0.391 e. The van der Waals surface area contributed by atoms with Gasteiger partial charge in [0.05, 0.1) is 24.4 Å². The first kappa shape index (κ1) is 11.4. The van der Waals surface area contributed by atoms with E-state index in [0.717, 1.165) is 19.4 Å². The van der Waals surface area contributed by atoms with Gasteiger partial charge in [-0.3, -0.25) is 4.90 Å². The van der Waals surface area contributed by atoms with Crippen LogP contribution in [0.4, 0.5) is 0 Å². The predicted molar refractivity (Wildman–Crippen MR) is 52.9 cm³/mol. The highest BCUT2D eigenvalue weighted by atomic mass is 79.9. The van der Waals surface area contributed by atoms with Crippen molar-refractivity contribution < 1.29 is 15.3 Å². The van der Waals surface area contributed by atoms with Crippen molar-refractivity contribution in [2.24, 2.45) is 0 Å². The standard InChI is InChI=1S/C8H15NO3.BrH/c10-5-2-1-3-9-4-6(11)8(12)7(5)9;/h5-8,10-12H,1-4H2;1H/t5-,6+,7-,8+;/m1./s1. The molecule has 4 atom stereocenters. The summed E-state index contributed by atoms with van der Waals surface area (Å²) in [7, 11) is 0. The van der Waals surface area contributed by atoms with Crippen LogP contribution in [0.3, 0.4) is 0 Å². The second-order valence-corrected chi connectivity index (χ2v) is 3.75. The summed E-state index contributed by atoms with van der Waals surface area (Å²) in [5.41, 5.74) is 0. The van der Waals surface area contributed by atoms with Gasteiger partial charge < -0.3 is 15.3 Å². The molecule has 2 aliphatic heterocycles. The Labute approximate surface area is 87.9 Å². The molecule has 0 saturated carbocycles. The molecule has 2 rings (SSSR count). The first-order valence-corrected chi connectivity index (χ1v) is 4.48. The maximum atomic E-state index is 9.55. The monoisotopic (exact) mass is 253 g/mol. The van der Waals surface area contributed by atoms with Gasteiger partial charge in [-0.1, -0.05) is 0 Å². The summed E-state index contributed by atoms with van der Waals surface area (Å²) < 4.78 is 0. The molecule has 0 radical (unpaired) electrons. The summed E-state index contributed by atoms with van der Waals surface area (Å²) in [6.07, 6.45) is -0.212. The van der Waals surface area contributed by atoms with E-state index >= 15 is 0 Å². The van der Waals surface area contributed by atoms with E-state index in [9.17, 15) is 15.3 Å². The van der Waals surface area contributed by atoms with Crippen LogP contribution in [-0.2, 0) is 0 Å². The van der Waals surface area contributed by atoms with Crippen LogP contribution in [0.2, 0.25) is 0 Å². The van der Waals surface area contributed by atoms with Gasteiger partial charge in [-0.05, 0) is 19.4 Å². The van der Waals surface area contributed by atoms with Crippen molar-refractivity contribution in [3.8, 4) is 0 Å². The summed E-state index contributed by atoms with van der Waals surface area (Å²) in [4.78, 5) is 1.98. The Balaban J connectivity index is 0.000000845. The van der Waals surface area contributed by atoms with Gasteiger partial charge in [-0.15, -0.1) is 17.0 Å². The summed E-state index contributed by atoms with van der Waals surface area (Å²) >= 11 is 0. The van der Waals surface area contributed by atoms with Crippen molar-refractivity contribution in [1.82, 2.24) is 4.90 Å². The van der Waals surface area contributed by atoms with Crippen LogP contribution >= 0.6 is 17.0 Å². The number of hydrogen-bond donors (Lipinski definition) is 3. The zero-order valence-corrected chi connectivity index (χ0v) is 9.05. The highest BCUT2D eigenvalue weighted by molar-refractivity contribution is 8.93. The van der Waals surface area contributed by atoms with Gasteiger partial charge in [0.15, 0.2) is 0 Å². The molecule has 2 heterocycles. The van der Waals surface area contributed by atoms with Gasteiger partial charge in [-0.25, -0.2) is 0 Å². The average Bonchev–Trinajstić information content (AvgIpc) is 2.29. The quantitative estimate of drug-likeness (QED) is 0.525. The van der Waals surface area contributed by atoms with E-state index in [1.54, 1.807) is 0 Å². The lowest BCUT2D eigenvalue weighted by Gasteiger charge is -2.34. The Hall–Kier alpha value is 0.320. The van der Waals surface area contributed by atoms with Crippen LogP contribution in [0.5, 0.6) is 0 Å². The number of fused-ring (bicyclic) bond motifs is 1. The van der Waals surface area contributed by atoms with Crippen LogP contribution in [0, 0.1) is 0 Å². The second kappa shape index (κ2) is 4.23. The van der Waals surface area contributed by atoms with Crippen molar-refractivity contribution in [3.63, 3.8) is 0 Å². The molecule has 0 aromatic carbocycles. The summed E-state index contributed by atoms with van der Waals surface area (Å²) in [5.74, 6) is 0. The Morgan fingerprint density at radius 1 is 1.08 bits per heavy atom. The number of aliphatic hydroxyl groups excluding tert-OH is 3. The zero-order valence-electron chi connectivity index (χ0n) is 7.33. The van der Waals surface area contributed by atoms with E-state index in [-0.39, 0.29) is 23.0 Å². The number of halogens is 1. The van der Waals surface area contributed by atoms with Gasteiger partial charge in [0.2, 0.25) is 0 Å². The van der Waals surface area contributed by atoms with Gasteiger partial charge >= 0.3 is 0 Å². The molecule has 2 aliphatic rings. The molecule has 4 nitrogen and oxygen atoms in total. The lowest BCUT2D eigenvalue weighted by atomic mass is 9.97. The van der Waals surface area contributed by atoms with Gasteiger partial charge in [0.25, 0.3) is 0 Å². The number of nitrogens with zero attached hydrogens (tertiary/aromatic N) is 1. The van der Waals surface area contributed by atoms with Gasteiger partial charge in [-0.2, -0.15) is 0 Å². The Kier molecular flexibility index (Phi) is 3.71. The first-order valence-electron chi connectivity index (χ1n) is 4.48. The molecular weight excluding hydrogens is 238 g/mol. The molecule has 2 fully saturated rings. The molecular formula is C8H16BrNO3. The van der Waals surface area contributed by atoms with Crippen molar-refractivity contribution in [2.45, 2.75) is 37.2 Å². The molecule has 78 valence electrons. The molecule has 0 unspecified atom stereocenters. The van der Waals surface area contributed by atoms with E-state index in [4.69, 9.17) is 0 Å². The number of hydrogen-bond acceptors (Lipinski definition) is 4. The average molecular weight is 254 g/mol. The molecule has 0 aromatic heterocycles. The van der Waals surface area contributed by atoms with Crippen molar-refractivity contribution >= 4 is 17.0 Å². The summed E-state index contributed by atoms with van der Waals surface area (Å²) in [6.45, 7) is 1.39. The Morgan fingerprint density at radius 3 is 2.38 bits per heavy atom. The fourth-order valence-corrected chi connectivity index (χ4v) is 2.30. The molecule has 0 amide bonds. The van der Waals surface area contributed by atoms with E-state index < -0.39 is 18.3 Å². The third-order valence-corrected chi connectivity index (χ3v) is 2.93. The number of aliphatic hydroxyl groups is 3. The van der Waals surface area contributed by atoms with Crippen LogP contribution in [0.25, 0.3) is 0 Å². The number of piperidine rings is 1. The van der Waals surface area contributed by atoms with Crippen LogP contribution in [0.1, 0.15) is 12.8 Å². The fourth-order valence-electron chi connectivity index (χ4n) is 2.30. The van der Waals surface area contributed by atoms with Gasteiger partial charge in [0.1, 0.15) is 0 Å². The lowest BCUT2D eigenvalue weighted by Crippen LogP contribution is -2.48. The molecule has 2 saturated heterocycles. The summed E-state index contributed by atoms with van der Waals surface area (Å²) in [6, 6.07) is -0.228. The maximum absolute atomic E-state index is 9.55. The molecule has 0 aromatic rings. The summed E-state index contributed by atoms with van der Waals surface area (Å²) in [5, 5.41) is 28.4. The Bertz CT molecular complexity index is 181. The minimum absolute atomic E-state index is 0. The predicted octanol–water partition coefficient (Wildman–Crippen LogP) is -0.875. The molecule has 5 heteroatoms. The highest BCUT2D eigenvalue weighted by Gasteiger charge is 2.45. The second-order valence-electron chi connectivity index (χ2n) is 3.75. The first-order chi connectivity index (χ1) is 5.70. The lowest BCUT2D eigenvalue weighted by molar-refractivity contribution is -0.0282. The number of rotatable bonds is 0. The smallest absolute Gasteiger partial charge is 0.0991 e. The zero-order chi connectivity index (χ0) is 8.72. The van der Waals surface area contributed by atoms with E-state index in [0.29, 0.717) is 6.54 Å². The van der Waals surface area contributed by atoms with Crippen LogP contribution < -0.4 is 0 Å². The minimum atomic E-state index is -0.764. The maximum Gasteiger partial charge on any atom is 0.0991 e. The molecule has 0 spiro atoms. The van der Waals surface area contributed by atoms with Gasteiger partial charge in [0, 0.05) is 6.54 Å². The molecule has 0 bridgehead atoms. The third-order valence-electron chi connectivity index (χ3n) is 2.93.